The maximum absolute atomic E-state index is 4.19. The van der Waals surface area contributed by atoms with Crippen LogP contribution in [0.15, 0.2) is 18.3 Å². The van der Waals surface area contributed by atoms with E-state index in [1.54, 1.807) is 0 Å². The number of nitrogens with zero attached hydrogens (tertiary/aromatic N) is 2. The molecule has 0 saturated carbocycles. The van der Waals surface area contributed by atoms with Crippen molar-refractivity contribution in [2.45, 2.75) is 19.4 Å². The fourth-order valence-electron chi connectivity index (χ4n) is 3.15. The molecule has 18 heavy (non-hydrogen) atoms. The second-order valence-corrected chi connectivity index (χ2v) is 5.13. The zero-order valence-corrected chi connectivity index (χ0v) is 10.5. The molecule has 0 radical (unpaired) electrons. The van der Waals surface area contributed by atoms with Crippen molar-refractivity contribution in [3.05, 3.63) is 29.5 Å². The van der Waals surface area contributed by atoms with Crippen LogP contribution in [0.3, 0.4) is 0 Å². The third kappa shape index (κ3) is 1.23. The van der Waals surface area contributed by atoms with Crippen LogP contribution >= 0.6 is 0 Å². The molecule has 1 aromatic carbocycles. The zero-order valence-electron chi connectivity index (χ0n) is 10.5. The van der Waals surface area contributed by atoms with Crippen LogP contribution in [0.5, 0.6) is 0 Å². The van der Waals surface area contributed by atoms with Gasteiger partial charge in [-0.25, -0.2) is 0 Å². The maximum atomic E-state index is 4.19. The van der Waals surface area contributed by atoms with Crippen molar-refractivity contribution in [3.63, 3.8) is 0 Å². The van der Waals surface area contributed by atoms with Crippen LogP contribution in [0.4, 0.5) is 11.4 Å². The monoisotopic (exact) mass is 240 g/mol. The average molecular weight is 240 g/mol. The third-order valence-electron chi connectivity index (χ3n) is 4.06. The van der Waals surface area contributed by atoms with Gasteiger partial charge in [0.15, 0.2) is 0 Å². The highest BCUT2D eigenvalue weighted by atomic mass is 15.1. The summed E-state index contributed by atoms with van der Waals surface area (Å²) >= 11 is 0. The molecule has 2 aliphatic heterocycles. The SMILES string of the molecule is CN1CCCc2c1ccc1c2-c2[nH]ncc2CN1. The van der Waals surface area contributed by atoms with Gasteiger partial charge in [-0.3, -0.25) is 5.10 Å². The Morgan fingerprint density at radius 1 is 1.33 bits per heavy atom. The number of benzene rings is 1. The Hall–Kier alpha value is -1.97. The molecule has 0 atom stereocenters. The molecule has 0 bridgehead atoms. The van der Waals surface area contributed by atoms with Gasteiger partial charge >= 0.3 is 0 Å². The Balaban J connectivity index is 2.01. The lowest BCUT2D eigenvalue weighted by atomic mass is 9.90. The quantitative estimate of drug-likeness (QED) is 0.743. The first-order valence-electron chi connectivity index (χ1n) is 6.48. The van der Waals surface area contributed by atoms with Crippen molar-refractivity contribution in [2.75, 3.05) is 23.8 Å². The van der Waals surface area contributed by atoms with E-state index in [0.29, 0.717) is 0 Å². The van der Waals surface area contributed by atoms with Crippen molar-refractivity contribution in [1.82, 2.24) is 10.2 Å². The summed E-state index contributed by atoms with van der Waals surface area (Å²) in [6.45, 7) is 2.02. The van der Waals surface area contributed by atoms with Crippen LogP contribution in [0.1, 0.15) is 17.5 Å². The number of rotatable bonds is 0. The van der Waals surface area contributed by atoms with Gasteiger partial charge in [-0.2, -0.15) is 5.10 Å². The van der Waals surface area contributed by atoms with Crippen LogP contribution in [-0.2, 0) is 13.0 Å². The van der Waals surface area contributed by atoms with Gasteiger partial charge in [0.25, 0.3) is 0 Å². The lowest BCUT2D eigenvalue weighted by Gasteiger charge is -2.31. The summed E-state index contributed by atoms with van der Waals surface area (Å²) < 4.78 is 0. The van der Waals surface area contributed by atoms with Crippen molar-refractivity contribution >= 4 is 11.4 Å². The zero-order chi connectivity index (χ0) is 12.1. The Morgan fingerprint density at radius 2 is 2.28 bits per heavy atom. The van der Waals surface area contributed by atoms with Crippen LogP contribution < -0.4 is 10.2 Å². The Morgan fingerprint density at radius 3 is 3.22 bits per heavy atom. The molecule has 4 rings (SSSR count). The summed E-state index contributed by atoms with van der Waals surface area (Å²) in [5, 5.41) is 10.9. The van der Waals surface area contributed by atoms with Gasteiger partial charge in [0.1, 0.15) is 0 Å². The average Bonchev–Trinajstić information content (AvgIpc) is 2.86. The predicted molar refractivity (Wildman–Crippen MR) is 72.9 cm³/mol. The van der Waals surface area contributed by atoms with E-state index in [0.717, 1.165) is 19.5 Å². The summed E-state index contributed by atoms with van der Waals surface area (Å²) in [5.41, 5.74) is 7.86. The molecule has 0 aliphatic carbocycles. The van der Waals surface area contributed by atoms with Crippen LogP contribution in [0, 0.1) is 0 Å². The lowest BCUT2D eigenvalue weighted by molar-refractivity contribution is 0.745. The largest absolute Gasteiger partial charge is 0.380 e. The van der Waals surface area contributed by atoms with E-state index in [-0.39, 0.29) is 0 Å². The van der Waals surface area contributed by atoms with E-state index < -0.39 is 0 Å². The van der Waals surface area contributed by atoms with E-state index in [2.05, 4.69) is 39.6 Å². The number of fused-ring (bicyclic) bond motifs is 5. The highest BCUT2D eigenvalue weighted by molar-refractivity contribution is 5.87. The number of hydrogen-bond donors (Lipinski definition) is 2. The number of hydrogen-bond acceptors (Lipinski definition) is 3. The van der Waals surface area contributed by atoms with E-state index in [1.807, 2.05) is 6.20 Å². The number of aromatic amines is 1. The van der Waals surface area contributed by atoms with E-state index in [9.17, 15) is 0 Å². The minimum Gasteiger partial charge on any atom is -0.380 e. The topological polar surface area (TPSA) is 44.0 Å². The standard InChI is InChI=1S/C14H16N4/c1-18-6-2-3-10-12(18)5-4-11-13(10)14-9(7-15-11)8-16-17-14/h4-5,8,15H,2-3,6-7H2,1H3,(H,16,17). The molecule has 0 fully saturated rings. The van der Waals surface area contributed by atoms with Crippen LogP contribution in [0.2, 0.25) is 0 Å². The maximum Gasteiger partial charge on any atom is 0.0724 e. The van der Waals surface area contributed by atoms with Crippen molar-refractivity contribution in [1.29, 1.82) is 0 Å². The smallest absolute Gasteiger partial charge is 0.0724 e. The highest BCUT2D eigenvalue weighted by Gasteiger charge is 2.25. The summed E-state index contributed by atoms with van der Waals surface area (Å²) in [5.74, 6) is 0. The molecule has 0 spiro atoms. The van der Waals surface area contributed by atoms with Gasteiger partial charge in [-0.1, -0.05) is 0 Å². The molecule has 3 heterocycles. The second kappa shape index (κ2) is 3.51. The fourth-order valence-corrected chi connectivity index (χ4v) is 3.15. The van der Waals surface area contributed by atoms with Gasteiger partial charge in [-0.05, 0) is 30.5 Å². The number of anilines is 2. The van der Waals surface area contributed by atoms with Crippen molar-refractivity contribution < 1.29 is 0 Å². The first kappa shape index (κ1) is 10.00. The lowest BCUT2D eigenvalue weighted by Crippen LogP contribution is -2.25. The number of aromatic nitrogens is 2. The molecular weight excluding hydrogens is 224 g/mol. The molecule has 2 aliphatic rings. The molecule has 0 saturated heterocycles. The fraction of sp³-hybridized carbons (Fsp3) is 0.357. The van der Waals surface area contributed by atoms with E-state index in [1.165, 1.54) is 40.2 Å². The van der Waals surface area contributed by atoms with Gasteiger partial charge in [-0.15, -0.1) is 0 Å². The van der Waals surface area contributed by atoms with Crippen LogP contribution in [0.25, 0.3) is 11.3 Å². The molecule has 2 N–H and O–H groups in total. The molecule has 4 heteroatoms. The normalized spacial score (nSPS) is 16.6. The molecule has 92 valence electrons. The predicted octanol–water partition coefficient (Wildman–Crippen LogP) is 2.38. The molecule has 1 aromatic heterocycles. The Kier molecular flexibility index (Phi) is 1.95. The number of nitrogens with one attached hydrogen (secondary N) is 2. The molecular formula is C14H16N4. The Bertz CT molecular complexity index is 614. The van der Waals surface area contributed by atoms with Gasteiger partial charge in [0.2, 0.25) is 0 Å². The Labute approximate surface area is 106 Å². The first-order valence-corrected chi connectivity index (χ1v) is 6.48. The molecule has 2 aromatic rings. The van der Waals surface area contributed by atoms with E-state index in [4.69, 9.17) is 0 Å². The van der Waals surface area contributed by atoms with Crippen molar-refractivity contribution in [2.24, 2.45) is 0 Å². The third-order valence-corrected chi connectivity index (χ3v) is 4.06. The summed E-state index contributed by atoms with van der Waals surface area (Å²) in [6.07, 6.45) is 4.31. The minimum absolute atomic E-state index is 0.869. The summed E-state index contributed by atoms with van der Waals surface area (Å²) in [6, 6.07) is 4.43. The van der Waals surface area contributed by atoms with E-state index >= 15 is 0 Å². The molecule has 0 amide bonds. The second-order valence-electron chi connectivity index (χ2n) is 5.13. The first-order chi connectivity index (χ1) is 8.84. The minimum atomic E-state index is 0.869. The highest BCUT2D eigenvalue weighted by Crippen LogP contribution is 2.42. The summed E-state index contributed by atoms with van der Waals surface area (Å²) in [4.78, 5) is 2.35. The van der Waals surface area contributed by atoms with Gasteiger partial charge in [0.05, 0.1) is 11.9 Å². The van der Waals surface area contributed by atoms with Gasteiger partial charge < -0.3 is 10.2 Å². The molecule has 4 nitrogen and oxygen atoms in total. The number of H-pyrrole nitrogens is 1. The van der Waals surface area contributed by atoms with Crippen LogP contribution in [-0.4, -0.2) is 23.8 Å². The van der Waals surface area contributed by atoms with Crippen molar-refractivity contribution in [3.8, 4) is 11.3 Å². The summed E-state index contributed by atoms with van der Waals surface area (Å²) in [7, 11) is 2.18. The van der Waals surface area contributed by atoms with Gasteiger partial charge in [0, 0.05) is 42.6 Å². The molecule has 0 unspecified atom stereocenters.